The third-order valence-corrected chi connectivity index (χ3v) is 0.479. The molecule has 0 aliphatic heterocycles. The third kappa shape index (κ3) is 221. The maximum atomic E-state index is 8.58. The summed E-state index contributed by atoms with van der Waals surface area (Å²) in [5.41, 5.74) is 5.21. The molecule has 3 nitrogen and oxygen atoms in total. The molecule has 0 spiro atoms. The van der Waals surface area contributed by atoms with Crippen LogP contribution in [0.5, 0.6) is 0 Å². The van der Waals surface area contributed by atoms with Crippen LogP contribution in [0, 0.1) is 5.92 Å². The van der Waals surface area contributed by atoms with Gasteiger partial charge in [-0.3, -0.25) is 4.79 Å². The van der Waals surface area contributed by atoms with Crippen LogP contribution in [0.4, 0.5) is 0 Å². The molecule has 0 rings (SSSR count). The summed E-state index contributed by atoms with van der Waals surface area (Å²) in [6.07, 6.45) is 0.250. The fraction of sp³-hybridized carbons (Fsp3) is 0.700. The second kappa shape index (κ2) is 17.2. The first-order chi connectivity index (χ1) is 5.92. The summed E-state index contributed by atoms with van der Waals surface area (Å²) >= 11 is 0. The van der Waals surface area contributed by atoms with Gasteiger partial charge in [0.25, 0.3) is 0 Å². The lowest BCUT2D eigenvalue weighted by Crippen LogP contribution is -2.07. The zero-order valence-electron chi connectivity index (χ0n) is 9.55. The van der Waals surface area contributed by atoms with Crippen LogP contribution in [-0.2, 0) is 4.79 Å². The SMILES string of the molecule is C=C(C)NCC.CC(C)C.NC=O. The Kier molecular flexibility index (Phi) is 23.7. The smallest absolute Gasteiger partial charge is 0.204 e. The van der Waals surface area contributed by atoms with Gasteiger partial charge in [-0.1, -0.05) is 27.4 Å². The zero-order chi connectivity index (χ0) is 11.3. The Balaban J connectivity index is -0.000000125. The van der Waals surface area contributed by atoms with Gasteiger partial charge in [0.2, 0.25) is 6.41 Å². The summed E-state index contributed by atoms with van der Waals surface area (Å²) in [5.74, 6) is 0.833. The number of carbonyl (C=O) groups is 1. The van der Waals surface area contributed by atoms with E-state index in [1.165, 1.54) is 0 Å². The Morgan fingerprint density at radius 1 is 1.54 bits per heavy atom. The van der Waals surface area contributed by atoms with Crippen LogP contribution in [0.1, 0.15) is 34.6 Å². The summed E-state index contributed by atoms with van der Waals surface area (Å²) < 4.78 is 0. The van der Waals surface area contributed by atoms with Crippen molar-refractivity contribution >= 4 is 6.41 Å². The predicted molar refractivity (Wildman–Crippen MR) is 59.3 cm³/mol. The Morgan fingerprint density at radius 3 is 1.77 bits per heavy atom. The maximum absolute atomic E-state index is 8.58. The van der Waals surface area contributed by atoms with Crippen molar-refractivity contribution < 1.29 is 4.79 Å². The van der Waals surface area contributed by atoms with E-state index in [1.54, 1.807) is 0 Å². The van der Waals surface area contributed by atoms with Crippen molar-refractivity contribution in [3.05, 3.63) is 12.3 Å². The average Bonchev–Trinajstić information content (AvgIpc) is 1.86. The van der Waals surface area contributed by atoms with E-state index >= 15 is 0 Å². The normalized spacial score (nSPS) is 7.23. The van der Waals surface area contributed by atoms with E-state index in [9.17, 15) is 0 Å². The van der Waals surface area contributed by atoms with Crippen LogP contribution in [0.3, 0.4) is 0 Å². The minimum Gasteiger partial charge on any atom is -0.389 e. The van der Waals surface area contributed by atoms with Crippen LogP contribution >= 0.6 is 0 Å². The first-order valence-electron chi connectivity index (χ1n) is 4.47. The molecular formula is C10H24N2O. The first-order valence-corrected chi connectivity index (χ1v) is 4.47. The number of hydrogen-bond acceptors (Lipinski definition) is 2. The monoisotopic (exact) mass is 188 g/mol. The van der Waals surface area contributed by atoms with Gasteiger partial charge < -0.3 is 11.1 Å². The second-order valence-electron chi connectivity index (χ2n) is 3.18. The lowest BCUT2D eigenvalue weighted by atomic mass is 10.3. The van der Waals surface area contributed by atoms with Crippen molar-refractivity contribution in [2.75, 3.05) is 6.54 Å². The number of nitrogens with two attached hydrogens (primary N) is 1. The molecule has 0 aromatic heterocycles. The molecule has 0 saturated carbocycles. The van der Waals surface area contributed by atoms with Gasteiger partial charge in [0, 0.05) is 12.2 Å². The standard InChI is InChI=1S/C5H11N.C4H10.CH3NO/c1-4-6-5(2)3;1-4(2)3;2-1-3/h6H,2,4H2,1,3H3;4H,1-3H3;1H,(H2,2,3). The molecule has 0 aromatic carbocycles. The highest BCUT2D eigenvalue weighted by Crippen LogP contribution is 1.81. The van der Waals surface area contributed by atoms with Gasteiger partial charge in [-0.25, -0.2) is 0 Å². The van der Waals surface area contributed by atoms with Crippen molar-refractivity contribution in [3.63, 3.8) is 0 Å². The highest BCUT2D eigenvalue weighted by atomic mass is 16.1. The fourth-order valence-corrected chi connectivity index (χ4v) is 0.302. The largest absolute Gasteiger partial charge is 0.389 e. The Morgan fingerprint density at radius 2 is 1.77 bits per heavy atom. The van der Waals surface area contributed by atoms with Crippen molar-refractivity contribution in [2.24, 2.45) is 11.7 Å². The van der Waals surface area contributed by atoms with Crippen molar-refractivity contribution in [1.82, 2.24) is 5.32 Å². The van der Waals surface area contributed by atoms with E-state index in [4.69, 9.17) is 4.79 Å². The molecule has 0 saturated heterocycles. The van der Waals surface area contributed by atoms with E-state index in [1.807, 2.05) is 6.92 Å². The van der Waals surface area contributed by atoms with Gasteiger partial charge in [-0.15, -0.1) is 0 Å². The number of primary amides is 1. The Labute approximate surface area is 82.4 Å². The Bertz CT molecular complexity index is 109. The van der Waals surface area contributed by atoms with E-state index in [0.29, 0.717) is 0 Å². The predicted octanol–water partition coefficient (Wildman–Crippen LogP) is 1.89. The molecule has 1 amide bonds. The number of hydrogen-bond donors (Lipinski definition) is 2. The number of nitrogens with one attached hydrogen (secondary N) is 1. The second-order valence-corrected chi connectivity index (χ2v) is 3.18. The number of amides is 1. The maximum Gasteiger partial charge on any atom is 0.204 e. The molecule has 0 bridgehead atoms. The topological polar surface area (TPSA) is 55.1 Å². The lowest BCUT2D eigenvalue weighted by Gasteiger charge is -1.95. The van der Waals surface area contributed by atoms with Crippen LogP contribution in [0.2, 0.25) is 0 Å². The van der Waals surface area contributed by atoms with E-state index < -0.39 is 0 Å². The third-order valence-electron chi connectivity index (χ3n) is 0.479. The number of carbonyl (C=O) groups excluding carboxylic acids is 1. The lowest BCUT2D eigenvalue weighted by molar-refractivity contribution is -0.106. The van der Waals surface area contributed by atoms with Gasteiger partial charge >= 0.3 is 0 Å². The minimum absolute atomic E-state index is 0.250. The summed E-state index contributed by atoms with van der Waals surface area (Å²) in [6, 6.07) is 0. The number of allylic oxidation sites excluding steroid dienone is 1. The zero-order valence-corrected chi connectivity index (χ0v) is 9.55. The molecule has 13 heavy (non-hydrogen) atoms. The molecule has 0 aliphatic rings. The van der Waals surface area contributed by atoms with E-state index in [0.717, 1.165) is 18.2 Å². The summed E-state index contributed by atoms with van der Waals surface area (Å²) in [6.45, 7) is 15.1. The van der Waals surface area contributed by atoms with Crippen LogP contribution < -0.4 is 11.1 Å². The van der Waals surface area contributed by atoms with E-state index in [2.05, 4.69) is 45.3 Å². The molecule has 3 N–H and O–H groups in total. The molecule has 0 atom stereocenters. The molecule has 80 valence electrons. The van der Waals surface area contributed by atoms with Crippen LogP contribution in [0.15, 0.2) is 12.3 Å². The van der Waals surface area contributed by atoms with Crippen molar-refractivity contribution in [2.45, 2.75) is 34.6 Å². The van der Waals surface area contributed by atoms with Gasteiger partial charge in [-0.05, 0) is 19.8 Å². The highest BCUT2D eigenvalue weighted by molar-refractivity contribution is 5.42. The molecule has 0 fully saturated rings. The van der Waals surface area contributed by atoms with Crippen molar-refractivity contribution in [1.29, 1.82) is 0 Å². The first kappa shape index (κ1) is 17.9. The molecule has 0 aliphatic carbocycles. The average molecular weight is 188 g/mol. The molecule has 0 heterocycles. The molecule has 0 aromatic rings. The molecular weight excluding hydrogens is 164 g/mol. The Hall–Kier alpha value is -0.990. The van der Waals surface area contributed by atoms with Gasteiger partial charge in [0.1, 0.15) is 0 Å². The van der Waals surface area contributed by atoms with Gasteiger partial charge in [-0.2, -0.15) is 0 Å². The van der Waals surface area contributed by atoms with Gasteiger partial charge in [0.05, 0.1) is 0 Å². The molecule has 0 unspecified atom stereocenters. The molecule has 3 heteroatoms. The molecule has 0 radical (unpaired) electrons. The van der Waals surface area contributed by atoms with Crippen LogP contribution in [0.25, 0.3) is 0 Å². The summed E-state index contributed by atoms with van der Waals surface area (Å²) in [5, 5.41) is 3.01. The van der Waals surface area contributed by atoms with Crippen LogP contribution in [-0.4, -0.2) is 13.0 Å². The van der Waals surface area contributed by atoms with Gasteiger partial charge in [0.15, 0.2) is 0 Å². The minimum atomic E-state index is 0.250. The quantitative estimate of drug-likeness (QED) is 0.650. The van der Waals surface area contributed by atoms with E-state index in [-0.39, 0.29) is 6.41 Å². The fourth-order valence-electron chi connectivity index (χ4n) is 0.302. The van der Waals surface area contributed by atoms with Crippen molar-refractivity contribution in [3.8, 4) is 0 Å². The summed E-state index contributed by atoms with van der Waals surface area (Å²) in [4.78, 5) is 8.58. The number of rotatable bonds is 2. The summed E-state index contributed by atoms with van der Waals surface area (Å²) in [7, 11) is 0. The highest BCUT2D eigenvalue weighted by Gasteiger charge is 1.70.